The second-order valence-electron chi connectivity index (χ2n) is 7.93. The molecule has 6 heteroatoms. The lowest BCUT2D eigenvalue weighted by Gasteiger charge is -2.30. The number of thioether (sulfide) groups is 1. The van der Waals surface area contributed by atoms with E-state index in [2.05, 4.69) is 41.5 Å². The number of likely N-dealkylation sites (tertiary alicyclic amines) is 1. The van der Waals surface area contributed by atoms with Gasteiger partial charge < -0.3 is 15.0 Å². The molecule has 0 aromatic heterocycles. The van der Waals surface area contributed by atoms with Crippen molar-refractivity contribution in [2.24, 2.45) is 11.8 Å². The molecule has 1 saturated heterocycles. The van der Waals surface area contributed by atoms with Gasteiger partial charge in [-0.2, -0.15) is 5.26 Å². The minimum absolute atomic E-state index is 0.0432. The molecule has 1 saturated carbocycles. The highest BCUT2D eigenvalue weighted by Crippen LogP contribution is 2.35. The second kappa shape index (κ2) is 10.7. The Kier molecular flexibility index (Phi) is 8.05. The Morgan fingerprint density at radius 2 is 1.93 bits per heavy atom. The van der Waals surface area contributed by atoms with E-state index >= 15 is 0 Å². The molecule has 2 atom stereocenters. The highest BCUT2D eigenvalue weighted by atomic mass is 32.2. The van der Waals surface area contributed by atoms with Crippen molar-refractivity contribution < 1.29 is 9.53 Å². The molecule has 28 heavy (non-hydrogen) atoms. The number of piperidine rings is 1. The topological polar surface area (TPSA) is 65.4 Å². The maximum absolute atomic E-state index is 12.3. The van der Waals surface area contributed by atoms with Crippen LogP contribution in [0.4, 0.5) is 0 Å². The molecule has 0 unspecified atom stereocenters. The summed E-state index contributed by atoms with van der Waals surface area (Å²) in [5, 5.41) is 11.4. The van der Waals surface area contributed by atoms with Crippen molar-refractivity contribution in [3.8, 4) is 11.8 Å². The van der Waals surface area contributed by atoms with Gasteiger partial charge in [0.25, 0.3) is 0 Å². The van der Waals surface area contributed by atoms with Crippen molar-refractivity contribution >= 4 is 17.7 Å². The molecule has 1 amide bonds. The van der Waals surface area contributed by atoms with Gasteiger partial charge in [0.05, 0.1) is 6.07 Å². The lowest BCUT2D eigenvalue weighted by atomic mass is 9.80. The van der Waals surface area contributed by atoms with Crippen LogP contribution in [0.2, 0.25) is 0 Å². The molecule has 2 aliphatic rings. The SMILES string of the molecule is CN1CCC(Oc2ccc(SC[C@@H]3CCCC[C@H]3C(=O)NCC#N)cc2)CC1. The van der Waals surface area contributed by atoms with Gasteiger partial charge in [0.15, 0.2) is 0 Å². The fourth-order valence-corrected chi connectivity index (χ4v) is 5.26. The summed E-state index contributed by atoms with van der Waals surface area (Å²) in [7, 11) is 2.16. The summed E-state index contributed by atoms with van der Waals surface area (Å²) in [6, 6.07) is 10.4. The summed E-state index contributed by atoms with van der Waals surface area (Å²) in [6.07, 6.45) is 6.82. The molecule has 3 rings (SSSR count). The molecular weight excluding hydrogens is 370 g/mol. The number of ether oxygens (including phenoxy) is 1. The van der Waals surface area contributed by atoms with Crippen molar-refractivity contribution in [1.29, 1.82) is 5.26 Å². The lowest BCUT2D eigenvalue weighted by Crippen LogP contribution is -2.37. The lowest BCUT2D eigenvalue weighted by molar-refractivity contribution is -0.127. The summed E-state index contributed by atoms with van der Waals surface area (Å²) in [4.78, 5) is 15.9. The normalized spacial score (nSPS) is 23.7. The minimum Gasteiger partial charge on any atom is -0.490 e. The van der Waals surface area contributed by atoms with E-state index in [0.29, 0.717) is 12.0 Å². The van der Waals surface area contributed by atoms with Gasteiger partial charge in [-0.25, -0.2) is 0 Å². The smallest absolute Gasteiger partial charge is 0.224 e. The molecule has 2 fully saturated rings. The predicted molar refractivity (Wildman–Crippen MR) is 112 cm³/mol. The number of carbonyl (C=O) groups is 1. The van der Waals surface area contributed by atoms with Gasteiger partial charge >= 0.3 is 0 Å². The average molecular weight is 402 g/mol. The number of carbonyl (C=O) groups excluding carboxylic acids is 1. The zero-order chi connectivity index (χ0) is 19.8. The number of hydrogen-bond donors (Lipinski definition) is 1. The molecule has 1 aromatic rings. The van der Waals surface area contributed by atoms with Gasteiger partial charge in [-0.05, 0) is 62.9 Å². The van der Waals surface area contributed by atoms with Gasteiger partial charge in [-0.3, -0.25) is 4.79 Å². The standard InChI is InChI=1S/C22H31N3O2S/c1-25-14-10-19(11-15-25)27-18-6-8-20(9-7-18)28-16-17-4-2-3-5-21(17)22(26)24-13-12-23/h6-9,17,19,21H,2-5,10-11,13-16H2,1H3,(H,24,26)/t17-,21+/m0/s1. The quantitative estimate of drug-likeness (QED) is 0.557. The molecule has 0 spiro atoms. The molecule has 1 aliphatic carbocycles. The predicted octanol–water partition coefficient (Wildman–Crippen LogP) is 3.70. The molecule has 1 aliphatic heterocycles. The average Bonchev–Trinajstić information content (AvgIpc) is 2.73. The third kappa shape index (κ3) is 6.15. The third-order valence-corrected chi connectivity index (χ3v) is 7.04. The Balaban J connectivity index is 1.48. The zero-order valence-corrected chi connectivity index (χ0v) is 17.5. The first-order valence-electron chi connectivity index (χ1n) is 10.4. The van der Waals surface area contributed by atoms with Crippen LogP contribution in [0.5, 0.6) is 5.75 Å². The Hall–Kier alpha value is -1.71. The maximum atomic E-state index is 12.3. The van der Waals surface area contributed by atoms with Gasteiger partial charge in [0, 0.05) is 29.7 Å². The summed E-state index contributed by atoms with van der Waals surface area (Å²) in [5.74, 6) is 2.37. The minimum atomic E-state index is 0.0432. The fourth-order valence-electron chi connectivity index (χ4n) is 4.12. The van der Waals surface area contributed by atoms with Crippen molar-refractivity contribution in [3.05, 3.63) is 24.3 Å². The van der Waals surface area contributed by atoms with E-state index in [1.807, 2.05) is 17.8 Å². The number of nitriles is 1. The van der Waals surface area contributed by atoms with Crippen molar-refractivity contribution in [2.75, 3.05) is 32.4 Å². The van der Waals surface area contributed by atoms with Gasteiger partial charge in [0.1, 0.15) is 18.4 Å². The van der Waals surface area contributed by atoms with E-state index in [4.69, 9.17) is 10.00 Å². The van der Waals surface area contributed by atoms with Crippen LogP contribution in [0.25, 0.3) is 0 Å². The first kappa shape index (κ1) is 21.0. The number of rotatable bonds is 7. The monoisotopic (exact) mass is 401 g/mol. The molecule has 152 valence electrons. The second-order valence-corrected chi connectivity index (χ2v) is 9.02. The van der Waals surface area contributed by atoms with E-state index in [9.17, 15) is 4.79 Å². The number of amides is 1. The van der Waals surface area contributed by atoms with Crippen LogP contribution in [0.15, 0.2) is 29.2 Å². The summed E-state index contributed by atoms with van der Waals surface area (Å²) < 4.78 is 6.12. The van der Waals surface area contributed by atoms with Crippen LogP contribution < -0.4 is 10.1 Å². The molecule has 1 N–H and O–H groups in total. The molecular formula is C22H31N3O2S. The number of nitrogens with one attached hydrogen (secondary N) is 1. The highest BCUT2D eigenvalue weighted by molar-refractivity contribution is 7.99. The van der Waals surface area contributed by atoms with Crippen molar-refractivity contribution in [1.82, 2.24) is 10.2 Å². The van der Waals surface area contributed by atoms with Crippen LogP contribution in [0, 0.1) is 23.2 Å². The van der Waals surface area contributed by atoms with Crippen LogP contribution >= 0.6 is 11.8 Å². The third-order valence-electron chi connectivity index (χ3n) is 5.84. The number of hydrogen-bond acceptors (Lipinski definition) is 5. The van der Waals surface area contributed by atoms with Crippen LogP contribution in [0.3, 0.4) is 0 Å². The van der Waals surface area contributed by atoms with E-state index in [1.165, 1.54) is 11.3 Å². The summed E-state index contributed by atoms with van der Waals surface area (Å²) in [6.45, 7) is 2.31. The highest BCUT2D eigenvalue weighted by Gasteiger charge is 2.30. The number of nitrogens with zero attached hydrogens (tertiary/aromatic N) is 2. The Bertz CT molecular complexity index is 665. The molecule has 0 bridgehead atoms. The van der Waals surface area contributed by atoms with Gasteiger partial charge in [0.2, 0.25) is 5.91 Å². The van der Waals surface area contributed by atoms with Crippen LogP contribution in [-0.2, 0) is 4.79 Å². The molecule has 1 aromatic carbocycles. The Morgan fingerprint density at radius 1 is 1.21 bits per heavy atom. The van der Waals surface area contributed by atoms with E-state index < -0.39 is 0 Å². The molecule has 5 nitrogen and oxygen atoms in total. The maximum Gasteiger partial charge on any atom is 0.224 e. The zero-order valence-electron chi connectivity index (χ0n) is 16.7. The Morgan fingerprint density at radius 3 is 2.64 bits per heavy atom. The van der Waals surface area contributed by atoms with Crippen LogP contribution in [0.1, 0.15) is 38.5 Å². The summed E-state index contributed by atoms with van der Waals surface area (Å²) in [5.41, 5.74) is 0. The fraction of sp³-hybridized carbons (Fsp3) is 0.636. The Labute approximate surface area is 172 Å². The van der Waals surface area contributed by atoms with Gasteiger partial charge in [-0.15, -0.1) is 11.8 Å². The van der Waals surface area contributed by atoms with Crippen molar-refractivity contribution in [2.45, 2.75) is 49.5 Å². The molecule has 0 radical (unpaired) electrons. The van der Waals surface area contributed by atoms with E-state index in [1.54, 1.807) is 0 Å². The summed E-state index contributed by atoms with van der Waals surface area (Å²) >= 11 is 1.82. The largest absolute Gasteiger partial charge is 0.490 e. The van der Waals surface area contributed by atoms with E-state index in [-0.39, 0.29) is 18.4 Å². The van der Waals surface area contributed by atoms with E-state index in [0.717, 1.165) is 56.7 Å². The molecule has 1 heterocycles. The van der Waals surface area contributed by atoms with Crippen molar-refractivity contribution in [3.63, 3.8) is 0 Å². The van der Waals surface area contributed by atoms with Gasteiger partial charge in [-0.1, -0.05) is 12.8 Å². The van der Waals surface area contributed by atoms with Crippen LogP contribution in [-0.4, -0.2) is 49.3 Å². The first-order chi connectivity index (χ1) is 13.7. The number of benzene rings is 1. The first-order valence-corrected chi connectivity index (χ1v) is 11.4.